The van der Waals surface area contributed by atoms with Crippen LogP contribution >= 0.6 is 0 Å². The summed E-state index contributed by atoms with van der Waals surface area (Å²) in [5.41, 5.74) is 11.2. The van der Waals surface area contributed by atoms with Gasteiger partial charge >= 0.3 is 0 Å². The maximum absolute atomic E-state index is 5.91. The van der Waals surface area contributed by atoms with Gasteiger partial charge < -0.3 is 5.73 Å². The fourth-order valence-electron chi connectivity index (χ4n) is 1.93. The van der Waals surface area contributed by atoms with Gasteiger partial charge in [0.15, 0.2) is 5.82 Å². The van der Waals surface area contributed by atoms with E-state index < -0.39 is 0 Å². The zero-order valence-electron chi connectivity index (χ0n) is 10.7. The van der Waals surface area contributed by atoms with Crippen molar-refractivity contribution in [3.63, 3.8) is 0 Å². The molecule has 2 N–H and O–H groups in total. The Balaban J connectivity index is 2.69. The van der Waals surface area contributed by atoms with Crippen molar-refractivity contribution >= 4 is 5.82 Å². The van der Waals surface area contributed by atoms with Crippen LogP contribution in [-0.4, -0.2) is 9.97 Å². The topological polar surface area (TPSA) is 51.8 Å². The van der Waals surface area contributed by atoms with Gasteiger partial charge in [0, 0.05) is 16.8 Å². The number of aryl methyl sites for hydroxylation is 3. The molecule has 0 spiro atoms. The van der Waals surface area contributed by atoms with Crippen molar-refractivity contribution in [1.29, 1.82) is 0 Å². The third-order valence-electron chi connectivity index (χ3n) is 3.13. The molecule has 0 bridgehead atoms. The minimum absolute atomic E-state index is 0.565. The van der Waals surface area contributed by atoms with Crippen LogP contribution in [0.15, 0.2) is 18.2 Å². The molecule has 2 rings (SSSR count). The maximum atomic E-state index is 5.91. The average Bonchev–Trinajstić information content (AvgIpc) is 2.25. The molecule has 0 aliphatic rings. The van der Waals surface area contributed by atoms with Crippen LogP contribution in [0, 0.1) is 27.7 Å². The number of benzene rings is 1. The van der Waals surface area contributed by atoms with Crippen LogP contribution in [0.2, 0.25) is 0 Å². The summed E-state index contributed by atoms with van der Waals surface area (Å²) in [5.74, 6) is 1.29. The van der Waals surface area contributed by atoms with Crippen LogP contribution in [0.4, 0.5) is 5.82 Å². The fraction of sp³-hybridized carbons (Fsp3) is 0.286. The highest BCUT2D eigenvalue weighted by Gasteiger charge is 2.11. The molecule has 0 radical (unpaired) electrons. The van der Waals surface area contributed by atoms with Gasteiger partial charge in [-0.05, 0) is 38.8 Å². The molecule has 0 unspecified atom stereocenters. The number of rotatable bonds is 1. The highest BCUT2D eigenvalue weighted by Crippen LogP contribution is 2.26. The van der Waals surface area contributed by atoms with Gasteiger partial charge in [0.2, 0.25) is 0 Å². The van der Waals surface area contributed by atoms with Gasteiger partial charge in [-0.25, -0.2) is 9.97 Å². The van der Waals surface area contributed by atoms with Crippen LogP contribution in [0.25, 0.3) is 11.4 Å². The molecule has 17 heavy (non-hydrogen) atoms. The van der Waals surface area contributed by atoms with Crippen molar-refractivity contribution in [2.75, 3.05) is 5.73 Å². The smallest absolute Gasteiger partial charge is 0.162 e. The largest absolute Gasteiger partial charge is 0.383 e. The van der Waals surface area contributed by atoms with E-state index in [1.54, 1.807) is 0 Å². The van der Waals surface area contributed by atoms with E-state index in [2.05, 4.69) is 35.9 Å². The summed E-state index contributed by atoms with van der Waals surface area (Å²) in [5, 5.41) is 0. The van der Waals surface area contributed by atoms with E-state index in [9.17, 15) is 0 Å². The summed E-state index contributed by atoms with van der Waals surface area (Å²) < 4.78 is 0. The fourth-order valence-corrected chi connectivity index (χ4v) is 1.93. The minimum Gasteiger partial charge on any atom is -0.383 e. The molecule has 0 saturated carbocycles. The summed E-state index contributed by atoms with van der Waals surface area (Å²) in [7, 11) is 0. The highest BCUT2D eigenvalue weighted by molar-refractivity contribution is 5.66. The summed E-state index contributed by atoms with van der Waals surface area (Å²) >= 11 is 0. The van der Waals surface area contributed by atoms with Gasteiger partial charge in [-0.15, -0.1) is 0 Å². The second-order valence-corrected chi connectivity index (χ2v) is 4.41. The molecule has 1 aromatic heterocycles. The van der Waals surface area contributed by atoms with Crippen LogP contribution in [-0.2, 0) is 0 Å². The average molecular weight is 227 g/mol. The highest BCUT2D eigenvalue weighted by atomic mass is 15.0. The Bertz CT molecular complexity index is 530. The predicted molar refractivity (Wildman–Crippen MR) is 70.8 cm³/mol. The SMILES string of the molecule is Cc1cccc(C)c1-c1nc(C)c(C)c(N)n1. The van der Waals surface area contributed by atoms with E-state index in [4.69, 9.17) is 5.73 Å². The van der Waals surface area contributed by atoms with E-state index in [1.165, 1.54) is 11.1 Å². The van der Waals surface area contributed by atoms with E-state index >= 15 is 0 Å². The van der Waals surface area contributed by atoms with Crippen molar-refractivity contribution in [2.24, 2.45) is 0 Å². The van der Waals surface area contributed by atoms with E-state index in [0.29, 0.717) is 5.82 Å². The third-order valence-corrected chi connectivity index (χ3v) is 3.13. The molecule has 0 amide bonds. The zero-order chi connectivity index (χ0) is 12.6. The van der Waals surface area contributed by atoms with Crippen molar-refractivity contribution in [2.45, 2.75) is 27.7 Å². The lowest BCUT2D eigenvalue weighted by atomic mass is 10.0. The Kier molecular flexibility index (Phi) is 2.84. The van der Waals surface area contributed by atoms with Crippen molar-refractivity contribution in [3.05, 3.63) is 40.6 Å². The van der Waals surface area contributed by atoms with Crippen LogP contribution in [0.5, 0.6) is 0 Å². The molecular formula is C14H17N3. The Morgan fingerprint density at radius 2 is 1.53 bits per heavy atom. The van der Waals surface area contributed by atoms with Gasteiger partial charge in [-0.1, -0.05) is 18.2 Å². The molecular weight excluding hydrogens is 210 g/mol. The number of nitrogen functional groups attached to an aromatic ring is 1. The molecule has 0 aliphatic carbocycles. The molecule has 3 heteroatoms. The lowest BCUT2D eigenvalue weighted by molar-refractivity contribution is 1.07. The van der Waals surface area contributed by atoms with E-state index in [0.717, 1.165) is 22.6 Å². The summed E-state index contributed by atoms with van der Waals surface area (Å²) in [4.78, 5) is 8.93. The first-order valence-corrected chi connectivity index (χ1v) is 5.68. The summed E-state index contributed by atoms with van der Waals surface area (Å²) in [6, 6.07) is 6.17. The minimum atomic E-state index is 0.565. The van der Waals surface area contributed by atoms with Crippen molar-refractivity contribution in [1.82, 2.24) is 9.97 Å². The standard InChI is InChI=1S/C14H17N3/c1-8-6-5-7-9(2)12(8)14-16-11(4)10(3)13(15)17-14/h5-7H,1-4H3,(H2,15,16,17). The predicted octanol–water partition coefficient (Wildman–Crippen LogP) is 2.96. The van der Waals surface area contributed by atoms with E-state index in [-0.39, 0.29) is 0 Å². The molecule has 88 valence electrons. The molecule has 2 aromatic rings. The molecule has 0 atom stereocenters. The van der Waals surface area contributed by atoms with Crippen LogP contribution in [0.1, 0.15) is 22.4 Å². The normalized spacial score (nSPS) is 10.6. The van der Waals surface area contributed by atoms with Gasteiger partial charge in [0.25, 0.3) is 0 Å². The summed E-state index contributed by atoms with van der Waals surface area (Å²) in [6.07, 6.45) is 0. The number of anilines is 1. The quantitative estimate of drug-likeness (QED) is 0.814. The number of hydrogen-bond acceptors (Lipinski definition) is 3. The Morgan fingerprint density at radius 1 is 0.941 bits per heavy atom. The van der Waals surface area contributed by atoms with Crippen LogP contribution in [0.3, 0.4) is 0 Å². The third kappa shape index (κ3) is 2.00. The molecule has 1 heterocycles. The number of hydrogen-bond donors (Lipinski definition) is 1. The monoisotopic (exact) mass is 227 g/mol. The lowest BCUT2D eigenvalue weighted by Gasteiger charge is -2.11. The lowest BCUT2D eigenvalue weighted by Crippen LogP contribution is -2.03. The summed E-state index contributed by atoms with van der Waals surface area (Å²) in [6.45, 7) is 8.04. The van der Waals surface area contributed by atoms with Gasteiger partial charge in [-0.2, -0.15) is 0 Å². The molecule has 0 saturated heterocycles. The molecule has 0 fully saturated rings. The van der Waals surface area contributed by atoms with Crippen molar-refractivity contribution < 1.29 is 0 Å². The zero-order valence-corrected chi connectivity index (χ0v) is 10.7. The first kappa shape index (κ1) is 11.6. The number of aromatic nitrogens is 2. The molecule has 0 aliphatic heterocycles. The second kappa shape index (κ2) is 4.17. The van der Waals surface area contributed by atoms with E-state index in [1.807, 2.05) is 19.9 Å². The van der Waals surface area contributed by atoms with Crippen molar-refractivity contribution in [3.8, 4) is 11.4 Å². The second-order valence-electron chi connectivity index (χ2n) is 4.41. The Hall–Kier alpha value is -1.90. The Morgan fingerprint density at radius 3 is 2.06 bits per heavy atom. The van der Waals surface area contributed by atoms with Gasteiger partial charge in [-0.3, -0.25) is 0 Å². The van der Waals surface area contributed by atoms with Crippen LogP contribution < -0.4 is 5.73 Å². The first-order valence-electron chi connectivity index (χ1n) is 5.68. The number of nitrogens with zero attached hydrogens (tertiary/aromatic N) is 2. The molecule has 3 nitrogen and oxygen atoms in total. The first-order chi connectivity index (χ1) is 8.00. The molecule has 1 aromatic carbocycles. The van der Waals surface area contributed by atoms with Gasteiger partial charge in [0.05, 0.1) is 0 Å². The van der Waals surface area contributed by atoms with Gasteiger partial charge in [0.1, 0.15) is 5.82 Å². The Labute approximate surface area is 102 Å². The number of nitrogens with two attached hydrogens (primary N) is 1. The maximum Gasteiger partial charge on any atom is 0.162 e.